The quantitative estimate of drug-likeness (QED) is 0.660. The van der Waals surface area contributed by atoms with Gasteiger partial charge in [-0.05, 0) is 33.1 Å². The van der Waals surface area contributed by atoms with E-state index < -0.39 is 30.0 Å². The number of carbonyl (C=O) groups excluding carboxylic acids is 2. The van der Waals surface area contributed by atoms with Gasteiger partial charge in [-0.1, -0.05) is 0 Å². The Labute approximate surface area is 117 Å². The number of carbonyl (C=O) groups is 3. The van der Waals surface area contributed by atoms with Crippen molar-refractivity contribution >= 4 is 17.8 Å². The number of carboxylic acids is 1. The lowest BCUT2D eigenvalue weighted by Gasteiger charge is -2.17. The van der Waals surface area contributed by atoms with Crippen LogP contribution >= 0.6 is 0 Å². The average molecular weight is 287 g/mol. The third-order valence-electron chi connectivity index (χ3n) is 3.08. The maximum atomic E-state index is 11.9. The molecule has 1 aliphatic heterocycles. The van der Waals surface area contributed by atoms with Gasteiger partial charge in [0.1, 0.15) is 12.1 Å². The van der Waals surface area contributed by atoms with Gasteiger partial charge in [0.05, 0.1) is 12.7 Å². The molecule has 0 saturated carbocycles. The molecule has 1 heterocycles. The molecule has 0 bridgehead atoms. The van der Waals surface area contributed by atoms with Crippen molar-refractivity contribution in [2.45, 2.75) is 57.8 Å². The second-order valence-corrected chi connectivity index (χ2v) is 4.76. The highest BCUT2D eigenvalue weighted by molar-refractivity contribution is 5.86. The molecule has 0 aromatic carbocycles. The van der Waals surface area contributed by atoms with Gasteiger partial charge in [-0.15, -0.1) is 0 Å². The summed E-state index contributed by atoms with van der Waals surface area (Å²) in [7, 11) is 0. The summed E-state index contributed by atoms with van der Waals surface area (Å²) in [6.45, 7) is 3.78. The molecule has 0 aliphatic carbocycles. The minimum absolute atomic E-state index is 0.00216. The number of carboxylic acid groups (broad SMARTS) is 1. The Morgan fingerprint density at radius 2 is 2.10 bits per heavy atom. The summed E-state index contributed by atoms with van der Waals surface area (Å²) in [5, 5.41) is 11.5. The van der Waals surface area contributed by atoms with E-state index in [0.29, 0.717) is 6.42 Å². The minimum Gasteiger partial charge on any atom is -0.480 e. The maximum absolute atomic E-state index is 11.9. The Bertz CT molecular complexity index is 370. The second-order valence-electron chi connectivity index (χ2n) is 4.76. The van der Waals surface area contributed by atoms with Gasteiger partial charge in [-0.3, -0.25) is 9.59 Å². The van der Waals surface area contributed by atoms with E-state index in [-0.39, 0.29) is 25.6 Å². The van der Waals surface area contributed by atoms with Crippen LogP contribution in [0.25, 0.3) is 0 Å². The standard InChI is InChI=1S/C13H21NO6/c1-3-19-11(15)7-5-9(13(17)18)14-12(16)10-6-4-8(2)20-10/h8-10H,3-7H2,1-2H3,(H,14,16)(H,17,18)/t8?,9-,10?/m0/s1. The zero-order chi connectivity index (χ0) is 15.1. The van der Waals surface area contributed by atoms with Crippen LogP contribution in [-0.4, -0.2) is 47.8 Å². The largest absolute Gasteiger partial charge is 0.480 e. The van der Waals surface area contributed by atoms with Gasteiger partial charge in [-0.2, -0.15) is 0 Å². The van der Waals surface area contributed by atoms with Crippen molar-refractivity contribution in [3.05, 3.63) is 0 Å². The molecule has 0 aromatic rings. The number of amides is 1. The average Bonchev–Trinajstić information content (AvgIpc) is 2.81. The number of rotatable bonds is 7. The van der Waals surface area contributed by atoms with Crippen LogP contribution in [-0.2, 0) is 23.9 Å². The van der Waals surface area contributed by atoms with Gasteiger partial charge < -0.3 is 19.9 Å². The maximum Gasteiger partial charge on any atom is 0.326 e. The molecule has 2 N–H and O–H groups in total. The van der Waals surface area contributed by atoms with Crippen LogP contribution in [0.15, 0.2) is 0 Å². The molecule has 1 aliphatic rings. The number of aliphatic carboxylic acids is 1. The lowest BCUT2D eigenvalue weighted by Crippen LogP contribution is -2.45. The molecular formula is C13H21NO6. The molecule has 1 saturated heterocycles. The molecule has 3 atom stereocenters. The van der Waals surface area contributed by atoms with Crippen molar-refractivity contribution in [1.29, 1.82) is 0 Å². The first kappa shape index (κ1) is 16.4. The van der Waals surface area contributed by atoms with Crippen molar-refractivity contribution in [2.24, 2.45) is 0 Å². The van der Waals surface area contributed by atoms with Crippen LogP contribution in [0.2, 0.25) is 0 Å². The number of esters is 1. The van der Waals surface area contributed by atoms with Crippen molar-refractivity contribution in [2.75, 3.05) is 6.61 Å². The number of nitrogens with one attached hydrogen (secondary N) is 1. The Balaban J connectivity index is 2.44. The topological polar surface area (TPSA) is 102 Å². The molecule has 114 valence electrons. The third kappa shape index (κ3) is 5.16. The molecule has 0 spiro atoms. The molecule has 20 heavy (non-hydrogen) atoms. The second kappa shape index (κ2) is 7.84. The predicted molar refractivity (Wildman–Crippen MR) is 69.0 cm³/mol. The van der Waals surface area contributed by atoms with Gasteiger partial charge in [0, 0.05) is 6.42 Å². The zero-order valence-electron chi connectivity index (χ0n) is 11.8. The Morgan fingerprint density at radius 3 is 2.60 bits per heavy atom. The predicted octanol–water partition coefficient (Wildman–Crippen LogP) is 0.467. The Hall–Kier alpha value is -1.63. The molecule has 0 aromatic heterocycles. The van der Waals surface area contributed by atoms with Crippen LogP contribution in [0, 0.1) is 0 Å². The Morgan fingerprint density at radius 1 is 1.40 bits per heavy atom. The SMILES string of the molecule is CCOC(=O)CC[C@H](NC(=O)C1CCC(C)O1)C(=O)O. The van der Waals surface area contributed by atoms with Gasteiger partial charge in [0.2, 0.25) is 5.91 Å². The molecule has 1 fully saturated rings. The lowest BCUT2D eigenvalue weighted by atomic mass is 10.1. The van der Waals surface area contributed by atoms with E-state index in [1.54, 1.807) is 6.92 Å². The minimum atomic E-state index is -1.17. The van der Waals surface area contributed by atoms with Crippen LogP contribution in [0.1, 0.15) is 39.5 Å². The van der Waals surface area contributed by atoms with Gasteiger partial charge >= 0.3 is 11.9 Å². The normalized spacial score (nSPS) is 23.1. The molecule has 1 amide bonds. The summed E-state index contributed by atoms with van der Waals surface area (Å²) in [5.41, 5.74) is 0. The lowest BCUT2D eigenvalue weighted by molar-refractivity contribution is -0.146. The molecule has 0 radical (unpaired) electrons. The van der Waals surface area contributed by atoms with E-state index in [2.05, 4.69) is 5.32 Å². The van der Waals surface area contributed by atoms with E-state index in [1.807, 2.05) is 6.92 Å². The van der Waals surface area contributed by atoms with Gasteiger partial charge in [0.15, 0.2) is 0 Å². The van der Waals surface area contributed by atoms with E-state index in [9.17, 15) is 14.4 Å². The third-order valence-corrected chi connectivity index (χ3v) is 3.08. The van der Waals surface area contributed by atoms with Crippen molar-refractivity contribution in [3.63, 3.8) is 0 Å². The highest BCUT2D eigenvalue weighted by Crippen LogP contribution is 2.19. The van der Waals surface area contributed by atoms with Crippen molar-refractivity contribution < 1.29 is 29.0 Å². The summed E-state index contributed by atoms with van der Waals surface area (Å²) < 4.78 is 10.1. The van der Waals surface area contributed by atoms with E-state index in [4.69, 9.17) is 14.6 Å². The zero-order valence-corrected chi connectivity index (χ0v) is 11.8. The fourth-order valence-corrected chi connectivity index (χ4v) is 2.01. The van der Waals surface area contributed by atoms with E-state index in [0.717, 1.165) is 6.42 Å². The number of hydrogen-bond donors (Lipinski definition) is 2. The summed E-state index contributed by atoms with van der Waals surface area (Å²) >= 11 is 0. The number of ether oxygens (including phenoxy) is 2. The first-order valence-electron chi connectivity index (χ1n) is 6.78. The Kier molecular flexibility index (Phi) is 6.44. The van der Waals surface area contributed by atoms with Crippen LogP contribution in [0.3, 0.4) is 0 Å². The number of hydrogen-bond acceptors (Lipinski definition) is 5. The monoisotopic (exact) mass is 287 g/mol. The first-order chi connectivity index (χ1) is 9.43. The van der Waals surface area contributed by atoms with Crippen LogP contribution in [0.4, 0.5) is 0 Å². The molecule has 1 rings (SSSR count). The highest BCUT2D eigenvalue weighted by Gasteiger charge is 2.31. The molecule has 2 unspecified atom stereocenters. The fraction of sp³-hybridized carbons (Fsp3) is 0.769. The van der Waals surface area contributed by atoms with E-state index >= 15 is 0 Å². The summed E-state index contributed by atoms with van der Waals surface area (Å²) in [5.74, 6) is -2.09. The van der Waals surface area contributed by atoms with Gasteiger partial charge in [0.25, 0.3) is 0 Å². The first-order valence-corrected chi connectivity index (χ1v) is 6.78. The van der Waals surface area contributed by atoms with E-state index in [1.165, 1.54) is 0 Å². The van der Waals surface area contributed by atoms with Crippen molar-refractivity contribution in [1.82, 2.24) is 5.32 Å². The van der Waals surface area contributed by atoms with Crippen LogP contribution < -0.4 is 5.32 Å². The molecule has 7 heteroatoms. The van der Waals surface area contributed by atoms with Crippen LogP contribution in [0.5, 0.6) is 0 Å². The summed E-state index contributed by atoms with van der Waals surface area (Å²) in [6, 6.07) is -1.11. The highest BCUT2D eigenvalue weighted by atomic mass is 16.5. The summed E-state index contributed by atoms with van der Waals surface area (Å²) in [6.07, 6.45) is 0.716. The fourth-order valence-electron chi connectivity index (χ4n) is 2.01. The summed E-state index contributed by atoms with van der Waals surface area (Å²) in [4.78, 5) is 34.1. The smallest absolute Gasteiger partial charge is 0.326 e. The van der Waals surface area contributed by atoms with Gasteiger partial charge in [-0.25, -0.2) is 4.79 Å². The molecule has 7 nitrogen and oxygen atoms in total. The van der Waals surface area contributed by atoms with Crippen molar-refractivity contribution in [3.8, 4) is 0 Å². The molecular weight excluding hydrogens is 266 g/mol.